The Labute approximate surface area is 128 Å². The zero-order valence-corrected chi connectivity index (χ0v) is 11.9. The van der Waals surface area contributed by atoms with Crippen molar-refractivity contribution in [2.24, 2.45) is 5.92 Å². The first-order chi connectivity index (χ1) is 10.8. The normalized spacial score (nSPS) is 24.9. The molecule has 1 aliphatic heterocycles. The molecule has 2 aromatic heterocycles. The molecule has 1 N–H and O–H groups in total. The molecule has 0 spiro atoms. The van der Waals surface area contributed by atoms with E-state index in [0.717, 1.165) is 17.7 Å². The summed E-state index contributed by atoms with van der Waals surface area (Å²) in [5, 5.41) is 10.8. The van der Waals surface area contributed by atoms with E-state index in [4.69, 9.17) is 0 Å². The average molecular weight is 289 g/mol. The SMILES string of the molecule is O[C@@H]1c2cnccc2C[C@@H]1[C@@H]1c2ccccc2-c2cncn21. The van der Waals surface area contributed by atoms with Gasteiger partial charge < -0.3 is 9.67 Å². The van der Waals surface area contributed by atoms with Crippen LogP contribution in [0.4, 0.5) is 0 Å². The third-order valence-electron chi connectivity index (χ3n) is 5.05. The average Bonchev–Trinajstić information content (AvgIpc) is 3.21. The zero-order chi connectivity index (χ0) is 14.7. The summed E-state index contributed by atoms with van der Waals surface area (Å²) in [5.74, 6) is 0.121. The minimum absolute atomic E-state index is 0.121. The molecule has 1 aromatic carbocycles. The molecule has 22 heavy (non-hydrogen) atoms. The number of pyridine rings is 1. The lowest BCUT2D eigenvalue weighted by molar-refractivity contribution is 0.101. The van der Waals surface area contributed by atoms with E-state index in [1.807, 2.05) is 18.6 Å². The minimum Gasteiger partial charge on any atom is -0.388 e. The Morgan fingerprint density at radius 2 is 1.95 bits per heavy atom. The Balaban J connectivity index is 1.66. The summed E-state index contributed by atoms with van der Waals surface area (Å²) in [5.41, 5.74) is 5.83. The third-order valence-corrected chi connectivity index (χ3v) is 5.05. The topological polar surface area (TPSA) is 50.9 Å². The van der Waals surface area contributed by atoms with E-state index in [2.05, 4.69) is 38.8 Å². The molecular formula is C18H15N3O. The standard InChI is InChI=1S/C18H15N3O/c22-18-14(7-11-5-6-19-8-15(11)18)17-13-4-2-1-3-12(13)16-9-20-10-21(16)17/h1-6,8-10,14,17-18,22H,7H2/t14-,17+,18+/m1/s1. The van der Waals surface area contributed by atoms with Gasteiger partial charge in [0.15, 0.2) is 0 Å². The molecule has 3 heterocycles. The fourth-order valence-electron chi connectivity index (χ4n) is 4.08. The number of aliphatic hydroxyl groups excluding tert-OH is 1. The Morgan fingerprint density at radius 1 is 1.05 bits per heavy atom. The van der Waals surface area contributed by atoms with Gasteiger partial charge in [-0.25, -0.2) is 4.98 Å². The van der Waals surface area contributed by atoms with Gasteiger partial charge in [0, 0.05) is 29.4 Å². The number of nitrogens with zero attached hydrogens (tertiary/aromatic N) is 3. The molecule has 0 unspecified atom stereocenters. The number of rotatable bonds is 1. The van der Waals surface area contributed by atoms with Crippen molar-refractivity contribution in [1.29, 1.82) is 0 Å². The van der Waals surface area contributed by atoms with Crippen molar-refractivity contribution in [3.8, 4) is 11.3 Å². The molecule has 3 atom stereocenters. The van der Waals surface area contributed by atoms with E-state index in [1.165, 1.54) is 16.7 Å². The number of hydrogen-bond acceptors (Lipinski definition) is 3. The quantitative estimate of drug-likeness (QED) is 0.749. The lowest BCUT2D eigenvalue weighted by Crippen LogP contribution is -2.21. The van der Waals surface area contributed by atoms with E-state index in [0.29, 0.717) is 0 Å². The van der Waals surface area contributed by atoms with Crippen molar-refractivity contribution in [3.05, 3.63) is 71.9 Å². The largest absolute Gasteiger partial charge is 0.388 e. The lowest BCUT2D eigenvalue weighted by atomic mass is 9.88. The van der Waals surface area contributed by atoms with Crippen molar-refractivity contribution in [1.82, 2.24) is 14.5 Å². The number of aliphatic hydroxyl groups is 1. The summed E-state index contributed by atoms with van der Waals surface area (Å²) < 4.78 is 2.21. The molecule has 4 heteroatoms. The third kappa shape index (κ3) is 1.45. The summed E-state index contributed by atoms with van der Waals surface area (Å²) in [6.45, 7) is 0. The van der Waals surface area contributed by atoms with Crippen LogP contribution in [0.2, 0.25) is 0 Å². The van der Waals surface area contributed by atoms with Crippen LogP contribution in [-0.2, 0) is 6.42 Å². The predicted molar refractivity (Wildman–Crippen MR) is 82.2 cm³/mol. The Kier molecular flexibility index (Phi) is 2.35. The van der Waals surface area contributed by atoms with Crippen LogP contribution in [0, 0.1) is 5.92 Å². The van der Waals surface area contributed by atoms with E-state index < -0.39 is 6.10 Å². The number of benzene rings is 1. The predicted octanol–water partition coefficient (Wildman–Crippen LogP) is 2.75. The molecule has 4 nitrogen and oxygen atoms in total. The molecule has 0 radical (unpaired) electrons. The summed E-state index contributed by atoms with van der Waals surface area (Å²) in [6.07, 6.45) is 7.79. The van der Waals surface area contributed by atoms with Gasteiger partial charge in [0.25, 0.3) is 0 Å². The van der Waals surface area contributed by atoms with Crippen LogP contribution >= 0.6 is 0 Å². The van der Waals surface area contributed by atoms with Gasteiger partial charge in [-0.3, -0.25) is 4.98 Å². The highest BCUT2D eigenvalue weighted by atomic mass is 16.3. The van der Waals surface area contributed by atoms with Gasteiger partial charge in [0.1, 0.15) is 0 Å². The van der Waals surface area contributed by atoms with Gasteiger partial charge in [-0.2, -0.15) is 0 Å². The maximum atomic E-state index is 10.8. The second-order valence-electron chi connectivity index (χ2n) is 6.11. The van der Waals surface area contributed by atoms with Gasteiger partial charge >= 0.3 is 0 Å². The highest BCUT2D eigenvalue weighted by Gasteiger charge is 2.42. The molecule has 2 aliphatic rings. The smallest absolute Gasteiger partial charge is 0.0956 e. The minimum atomic E-state index is -0.477. The van der Waals surface area contributed by atoms with Crippen LogP contribution in [0.1, 0.15) is 28.8 Å². The maximum Gasteiger partial charge on any atom is 0.0956 e. The van der Waals surface area contributed by atoms with E-state index >= 15 is 0 Å². The van der Waals surface area contributed by atoms with Gasteiger partial charge in [0.05, 0.1) is 30.4 Å². The van der Waals surface area contributed by atoms with Gasteiger partial charge in [-0.1, -0.05) is 24.3 Å². The fourth-order valence-corrected chi connectivity index (χ4v) is 4.08. The molecule has 3 aromatic rings. The van der Waals surface area contributed by atoms with E-state index in [9.17, 15) is 5.11 Å². The second kappa shape index (κ2) is 4.27. The first kappa shape index (κ1) is 12.1. The number of hydrogen-bond donors (Lipinski definition) is 1. The second-order valence-corrected chi connectivity index (χ2v) is 6.11. The van der Waals surface area contributed by atoms with Crippen LogP contribution in [0.3, 0.4) is 0 Å². The summed E-state index contributed by atoms with van der Waals surface area (Å²) in [7, 11) is 0. The monoisotopic (exact) mass is 289 g/mol. The molecule has 1 aliphatic carbocycles. The summed E-state index contributed by atoms with van der Waals surface area (Å²) >= 11 is 0. The van der Waals surface area contributed by atoms with Crippen LogP contribution in [0.15, 0.2) is 55.2 Å². The first-order valence-electron chi connectivity index (χ1n) is 7.56. The molecule has 108 valence electrons. The van der Waals surface area contributed by atoms with Gasteiger partial charge in [0.2, 0.25) is 0 Å². The maximum absolute atomic E-state index is 10.8. The lowest BCUT2D eigenvalue weighted by Gasteiger charge is -2.25. The molecule has 0 amide bonds. The summed E-state index contributed by atoms with van der Waals surface area (Å²) in [4.78, 5) is 8.47. The number of aromatic nitrogens is 3. The Morgan fingerprint density at radius 3 is 2.86 bits per heavy atom. The van der Waals surface area contributed by atoms with Crippen molar-refractivity contribution < 1.29 is 5.11 Å². The highest BCUT2D eigenvalue weighted by molar-refractivity contribution is 5.69. The van der Waals surface area contributed by atoms with Crippen LogP contribution in [0.5, 0.6) is 0 Å². The fraction of sp³-hybridized carbons (Fsp3) is 0.222. The number of fused-ring (bicyclic) bond motifs is 4. The van der Waals surface area contributed by atoms with Crippen LogP contribution in [0.25, 0.3) is 11.3 Å². The van der Waals surface area contributed by atoms with Crippen molar-refractivity contribution in [2.75, 3.05) is 0 Å². The molecule has 5 rings (SSSR count). The molecular weight excluding hydrogens is 274 g/mol. The molecule has 0 saturated heterocycles. The van der Waals surface area contributed by atoms with Crippen LogP contribution < -0.4 is 0 Å². The van der Waals surface area contributed by atoms with E-state index in [1.54, 1.807) is 12.4 Å². The van der Waals surface area contributed by atoms with Crippen molar-refractivity contribution in [2.45, 2.75) is 18.6 Å². The molecule has 0 bridgehead atoms. The molecule has 0 fully saturated rings. The Bertz CT molecular complexity index is 870. The first-order valence-corrected chi connectivity index (χ1v) is 7.56. The van der Waals surface area contributed by atoms with Gasteiger partial charge in [-0.15, -0.1) is 0 Å². The zero-order valence-electron chi connectivity index (χ0n) is 11.9. The summed E-state index contributed by atoms with van der Waals surface area (Å²) in [6, 6.07) is 10.6. The highest BCUT2D eigenvalue weighted by Crippen LogP contribution is 2.50. The Hall–Kier alpha value is -2.46. The van der Waals surface area contributed by atoms with E-state index in [-0.39, 0.29) is 12.0 Å². The van der Waals surface area contributed by atoms with Gasteiger partial charge in [-0.05, 0) is 23.6 Å². The van der Waals surface area contributed by atoms with Crippen molar-refractivity contribution in [3.63, 3.8) is 0 Å². The van der Waals surface area contributed by atoms with Crippen molar-refractivity contribution >= 4 is 0 Å². The number of imidazole rings is 1. The molecule has 0 saturated carbocycles. The van der Waals surface area contributed by atoms with Crippen LogP contribution in [-0.4, -0.2) is 19.6 Å².